The van der Waals surface area contributed by atoms with E-state index in [0.29, 0.717) is 0 Å². The fraction of sp³-hybridized carbons (Fsp3) is 0.909. The fourth-order valence-corrected chi connectivity index (χ4v) is 7.91. The van der Waals surface area contributed by atoms with Crippen LogP contribution >= 0.6 is 35.7 Å². The highest BCUT2D eigenvalue weighted by molar-refractivity contribution is 8.50. The lowest BCUT2D eigenvalue weighted by Crippen LogP contribution is -2.16. The van der Waals surface area contributed by atoms with Gasteiger partial charge in [-0.2, -0.15) is 0 Å². The van der Waals surface area contributed by atoms with Gasteiger partial charge in [-0.3, -0.25) is 0 Å². The lowest BCUT2D eigenvalue weighted by atomic mass is 10.4. The van der Waals surface area contributed by atoms with Crippen molar-refractivity contribution in [3.8, 4) is 0 Å². The maximum Gasteiger partial charge on any atom is 0.0816 e. The second-order valence-electron chi connectivity index (χ2n) is 4.57. The van der Waals surface area contributed by atoms with Crippen LogP contribution in [-0.4, -0.2) is 14.0 Å². The zero-order valence-electron chi connectivity index (χ0n) is 8.61. The maximum atomic E-state index is 5.38. The standard InChI is InChI=1S/C11H20S3/c12-11(13)14(9-5-1-2-6-9)10-7-3-4-8-10/h9-10,14H,1-8H2,(H,12,13). The van der Waals surface area contributed by atoms with Gasteiger partial charge in [0.2, 0.25) is 0 Å². The smallest absolute Gasteiger partial charge is 0.0816 e. The van der Waals surface area contributed by atoms with Crippen molar-refractivity contribution >= 4 is 39.3 Å². The van der Waals surface area contributed by atoms with E-state index in [-0.39, 0.29) is 10.9 Å². The van der Waals surface area contributed by atoms with E-state index in [2.05, 4.69) is 12.6 Å². The molecule has 0 nitrogen and oxygen atoms in total. The molecule has 0 unspecified atom stereocenters. The van der Waals surface area contributed by atoms with E-state index in [1.165, 1.54) is 51.4 Å². The van der Waals surface area contributed by atoms with Crippen molar-refractivity contribution in [1.82, 2.24) is 0 Å². The molecule has 3 heteroatoms. The normalized spacial score (nSPS) is 25.6. The molecule has 2 saturated carbocycles. The third-order valence-electron chi connectivity index (χ3n) is 3.66. The van der Waals surface area contributed by atoms with Crippen LogP contribution < -0.4 is 0 Å². The van der Waals surface area contributed by atoms with E-state index in [9.17, 15) is 0 Å². The highest BCUT2D eigenvalue weighted by Crippen LogP contribution is 2.51. The molecule has 0 aromatic heterocycles. The van der Waals surface area contributed by atoms with Crippen molar-refractivity contribution in [3.63, 3.8) is 0 Å². The topological polar surface area (TPSA) is 0 Å². The molecule has 82 valence electrons. The summed E-state index contributed by atoms with van der Waals surface area (Å²) in [6.45, 7) is 0. The van der Waals surface area contributed by atoms with Gasteiger partial charge in [-0.05, 0) is 36.2 Å². The van der Waals surface area contributed by atoms with Gasteiger partial charge in [0.1, 0.15) is 0 Å². The summed E-state index contributed by atoms with van der Waals surface area (Å²) in [6.07, 6.45) is 11.5. The minimum absolute atomic E-state index is 0.0262. The Labute approximate surface area is 101 Å². The van der Waals surface area contributed by atoms with Gasteiger partial charge in [0.05, 0.1) is 3.53 Å². The highest BCUT2D eigenvalue weighted by Gasteiger charge is 2.31. The monoisotopic (exact) mass is 248 g/mol. The maximum absolute atomic E-state index is 5.38. The first-order valence-electron chi connectivity index (χ1n) is 5.80. The average Bonchev–Trinajstić information content (AvgIpc) is 2.75. The molecule has 2 fully saturated rings. The van der Waals surface area contributed by atoms with Gasteiger partial charge >= 0.3 is 0 Å². The quantitative estimate of drug-likeness (QED) is 0.548. The van der Waals surface area contributed by atoms with Gasteiger partial charge in [0.15, 0.2) is 0 Å². The van der Waals surface area contributed by atoms with Gasteiger partial charge in [-0.15, -0.1) is 12.6 Å². The van der Waals surface area contributed by atoms with Crippen LogP contribution in [-0.2, 0) is 0 Å². The van der Waals surface area contributed by atoms with Crippen LogP contribution in [0.15, 0.2) is 0 Å². The van der Waals surface area contributed by atoms with Gasteiger partial charge < -0.3 is 0 Å². The summed E-state index contributed by atoms with van der Waals surface area (Å²) in [4.78, 5) is 0. The van der Waals surface area contributed by atoms with Crippen LogP contribution in [0.4, 0.5) is 0 Å². The molecule has 0 spiro atoms. The van der Waals surface area contributed by atoms with Crippen molar-refractivity contribution in [2.24, 2.45) is 0 Å². The Bertz CT molecular complexity index is 187. The Morgan fingerprint density at radius 2 is 1.29 bits per heavy atom. The van der Waals surface area contributed by atoms with Gasteiger partial charge in [-0.25, -0.2) is 10.9 Å². The van der Waals surface area contributed by atoms with Crippen molar-refractivity contribution in [2.75, 3.05) is 0 Å². The molecular formula is C11H20S3. The minimum atomic E-state index is -0.0262. The number of hydrogen-bond donors (Lipinski definition) is 2. The number of rotatable bonds is 2. The summed E-state index contributed by atoms with van der Waals surface area (Å²) in [5.41, 5.74) is 0. The number of thiol groups is 2. The van der Waals surface area contributed by atoms with E-state index < -0.39 is 0 Å². The first-order valence-corrected chi connectivity index (χ1v) is 8.14. The van der Waals surface area contributed by atoms with Crippen molar-refractivity contribution in [3.05, 3.63) is 0 Å². The molecule has 2 rings (SSSR count). The summed E-state index contributed by atoms with van der Waals surface area (Å²) >= 11 is 9.89. The molecule has 0 bridgehead atoms. The van der Waals surface area contributed by atoms with Gasteiger partial charge in [0, 0.05) is 0 Å². The zero-order valence-corrected chi connectivity index (χ0v) is 11.2. The molecule has 0 radical (unpaired) electrons. The predicted octanol–water partition coefficient (Wildman–Crippen LogP) is 4.09. The summed E-state index contributed by atoms with van der Waals surface area (Å²) < 4.78 is 1.07. The molecule has 2 aliphatic rings. The van der Waals surface area contributed by atoms with Crippen molar-refractivity contribution < 1.29 is 0 Å². The SMILES string of the molecule is S=C(S)[SH](C1CCCC1)C1CCCC1. The van der Waals surface area contributed by atoms with Crippen LogP contribution in [0.2, 0.25) is 0 Å². The van der Waals surface area contributed by atoms with Crippen LogP contribution in [0.5, 0.6) is 0 Å². The number of hydrogen-bond acceptors (Lipinski definition) is 1. The van der Waals surface area contributed by atoms with E-state index in [0.717, 1.165) is 14.0 Å². The zero-order chi connectivity index (χ0) is 9.97. The van der Waals surface area contributed by atoms with Gasteiger partial charge in [-0.1, -0.05) is 37.9 Å². The third-order valence-corrected chi connectivity index (χ3v) is 8.03. The molecular weight excluding hydrogens is 228 g/mol. The summed E-state index contributed by atoms with van der Waals surface area (Å²) in [7, 11) is -0.0262. The molecule has 0 amide bonds. The fourth-order valence-electron chi connectivity index (χ4n) is 2.98. The molecule has 0 atom stereocenters. The Morgan fingerprint density at radius 1 is 0.929 bits per heavy atom. The first-order chi connectivity index (χ1) is 6.79. The van der Waals surface area contributed by atoms with E-state index in [4.69, 9.17) is 12.2 Å². The second-order valence-corrected chi connectivity index (χ2v) is 9.10. The Balaban J connectivity index is 2.02. The molecule has 0 saturated heterocycles. The van der Waals surface area contributed by atoms with Crippen LogP contribution in [0.1, 0.15) is 51.4 Å². The van der Waals surface area contributed by atoms with Crippen LogP contribution in [0.25, 0.3) is 0 Å². The van der Waals surface area contributed by atoms with Crippen molar-refractivity contribution in [1.29, 1.82) is 0 Å². The molecule has 0 N–H and O–H groups in total. The molecule has 0 aromatic carbocycles. The largest absolute Gasteiger partial charge is 0.206 e. The predicted molar refractivity (Wildman–Crippen MR) is 75.1 cm³/mol. The van der Waals surface area contributed by atoms with E-state index in [1.54, 1.807) is 0 Å². The third kappa shape index (κ3) is 2.48. The second kappa shape index (κ2) is 5.22. The summed E-state index contributed by atoms with van der Waals surface area (Å²) in [5, 5.41) is 1.89. The van der Waals surface area contributed by atoms with Crippen molar-refractivity contribution in [2.45, 2.75) is 61.9 Å². The Morgan fingerprint density at radius 3 is 1.57 bits per heavy atom. The average molecular weight is 248 g/mol. The lowest BCUT2D eigenvalue weighted by Gasteiger charge is -2.32. The first kappa shape index (κ1) is 11.3. The van der Waals surface area contributed by atoms with Gasteiger partial charge in [0.25, 0.3) is 0 Å². The minimum Gasteiger partial charge on any atom is -0.206 e. The van der Waals surface area contributed by atoms with Crippen LogP contribution in [0, 0.1) is 0 Å². The lowest BCUT2D eigenvalue weighted by molar-refractivity contribution is 0.853. The summed E-state index contributed by atoms with van der Waals surface area (Å²) in [5.74, 6) is 0. The molecule has 2 aliphatic carbocycles. The molecule has 0 aromatic rings. The Kier molecular flexibility index (Phi) is 4.21. The molecule has 0 aliphatic heterocycles. The number of thiocarbonyl (C=S) groups is 1. The Hall–Kier alpha value is 0.790. The highest BCUT2D eigenvalue weighted by atomic mass is 32.3. The molecule has 0 heterocycles. The summed E-state index contributed by atoms with van der Waals surface area (Å²) in [6, 6.07) is 0. The van der Waals surface area contributed by atoms with E-state index >= 15 is 0 Å². The molecule has 14 heavy (non-hydrogen) atoms. The van der Waals surface area contributed by atoms with E-state index in [1.807, 2.05) is 0 Å². The van der Waals surface area contributed by atoms with Crippen LogP contribution in [0.3, 0.4) is 0 Å².